The van der Waals surface area contributed by atoms with Gasteiger partial charge in [-0.15, -0.1) is 0 Å². The Balaban J connectivity index is 2.43. The second-order valence-corrected chi connectivity index (χ2v) is 4.78. The summed E-state index contributed by atoms with van der Waals surface area (Å²) in [6.45, 7) is 6.67. The molecule has 2 aromatic rings. The van der Waals surface area contributed by atoms with Crippen LogP contribution in [0.4, 0.5) is 0 Å². The van der Waals surface area contributed by atoms with Gasteiger partial charge in [0.1, 0.15) is 0 Å². The van der Waals surface area contributed by atoms with Crippen molar-refractivity contribution in [2.45, 2.75) is 27.2 Å². The molecule has 0 aromatic heterocycles. The van der Waals surface area contributed by atoms with E-state index in [2.05, 4.69) is 57.2 Å². The minimum absolute atomic E-state index is 0.730. The molecule has 0 unspecified atom stereocenters. The summed E-state index contributed by atoms with van der Waals surface area (Å²) in [6.07, 6.45) is 1.17. The van der Waals surface area contributed by atoms with E-state index in [-0.39, 0.29) is 0 Å². The van der Waals surface area contributed by atoms with E-state index in [1.54, 1.807) is 0 Å². The van der Waals surface area contributed by atoms with E-state index in [1.807, 2.05) is 0 Å². The van der Waals surface area contributed by atoms with E-state index in [4.69, 9.17) is 0 Å². The van der Waals surface area contributed by atoms with Crippen LogP contribution in [0.15, 0.2) is 36.4 Å². The molecule has 0 amide bonds. The number of hydrogen-bond donors (Lipinski definition) is 0. The molecular formula is C15H18. The maximum Gasteiger partial charge on any atom is -0.0181 e. The van der Waals surface area contributed by atoms with Crippen LogP contribution in [0.2, 0.25) is 0 Å². The lowest BCUT2D eigenvalue weighted by molar-refractivity contribution is 0.648. The molecule has 0 atom stereocenters. The van der Waals surface area contributed by atoms with Gasteiger partial charge in [-0.05, 0) is 35.6 Å². The summed E-state index contributed by atoms with van der Waals surface area (Å²) in [6, 6.07) is 13.4. The van der Waals surface area contributed by atoms with Crippen molar-refractivity contribution >= 4 is 10.8 Å². The molecule has 0 aliphatic carbocycles. The van der Waals surface area contributed by atoms with Gasteiger partial charge in [0, 0.05) is 0 Å². The first kappa shape index (κ1) is 10.2. The Labute approximate surface area is 91.9 Å². The lowest BCUT2D eigenvalue weighted by Crippen LogP contribution is -1.93. The molecule has 0 spiro atoms. The maximum atomic E-state index is 2.31. The predicted octanol–water partition coefficient (Wildman–Crippen LogP) is 4.35. The third kappa shape index (κ3) is 2.38. The van der Waals surface area contributed by atoms with Gasteiger partial charge in [0.05, 0.1) is 0 Å². The molecule has 0 saturated heterocycles. The highest BCUT2D eigenvalue weighted by molar-refractivity contribution is 5.83. The summed E-state index contributed by atoms with van der Waals surface area (Å²) in [5.41, 5.74) is 2.78. The van der Waals surface area contributed by atoms with Crippen LogP contribution in [-0.4, -0.2) is 0 Å². The molecule has 0 aliphatic heterocycles. The number of rotatable bonds is 2. The minimum atomic E-state index is 0.730. The molecule has 0 heteroatoms. The molecule has 0 bridgehead atoms. The first-order chi connectivity index (χ1) is 7.15. The van der Waals surface area contributed by atoms with Crippen molar-refractivity contribution in [1.29, 1.82) is 0 Å². The molecule has 78 valence electrons. The minimum Gasteiger partial charge on any atom is -0.0625 e. The van der Waals surface area contributed by atoms with Crippen molar-refractivity contribution in [1.82, 2.24) is 0 Å². The second kappa shape index (κ2) is 4.06. The van der Waals surface area contributed by atoms with Crippen molar-refractivity contribution < 1.29 is 0 Å². The van der Waals surface area contributed by atoms with Gasteiger partial charge < -0.3 is 0 Å². The Bertz CT molecular complexity index is 466. The Morgan fingerprint density at radius 3 is 2.33 bits per heavy atom. The summed E-state index contributed by atoms with van der Waals surface area (Å²) in [5, 5.41) is 2.71. The van der Waals surface area contributed by atoms with Crippen LogP contribution in [0.3, 0.4) is 0 Å². The van der Waals surface area contributed by atoms with Crippen LogP contribution < -0.4 is 0 Å². The van der Waals surface area contributed by atoms with Crippen LogP contribution in [0, 0.1) is 12.8 Å². The first-order valence-electron chi connectivity index (χ1n) is 5.64. The van der Waals surface area contributed by atoms with E-state index in [0.717, 1.165) is 5.92 Å². The van der Waals surface area contributed by atoms with Gasteiger partial charge >= 0.3 is 0 Å². The predicted molar refractivity (Wildman–Crippen MR) is 67.2 cm³/mol. The molecule has 2 rings (SSSR count). The van der Waals surface area contributed by atoms with Gasteiger partial charge in [0.15, 0.2) is 0 Å². The topological polar surface area (TPSA) is 0 Å². The molecule has 0 fully saturated rings. The van der Waals surface area contributed by atoms with Gasteiger partial charge in [0.2, 0.25) is 0 Å². The van der Waals surface area contributed by atoms with E-state index in [0.29, 0.717) is 0 Å². The van der Waals surface area contributed by atoms with E-state index >= 15 is 0 Å². The highest BCUT2D eigenvalue weighted by Gasteiger charge is 1.99. The molecule has 0 radical (unpaired) electrons. The number of benzene rings is 2. The van der Waals surface area contributed by atoms with Crippen molar-refractivity contribution in [2.75, 3.05) is 0 Å². The average Bonchev–Trinajstić information content (AvgIpc) is 2.17. The molecule has 0 nitrogen and oxygen atoms in total. The fraction of sp³-hybridized carbons (Fsp3) is 0.333. The maximum absolute atomic E-state index is 2.31. The highest BCUT2D eigenvalue weighted by atomic mass is 14.0. The van der Waals surface area contributed by atoms with Crippen molar-refractivity contribution in [3.63, 3.8) is 0 Å². The molecule has 2 aromatic carbocycles. The zero-order valence-corrected chi connectivity index (χ0v) is 9.75. The van der Waals surface area contributed by atoms with E-state index in [1.165, 1.54) is 28.3 Å². The third-order valence-electron chi connectivity index (χ3n) is 2.70. The van der Waals surface area contributed by atoms with Crippen LogP contribution >= 0.6 is 0 Å². The molecule has 0 N–H and O–H groups in total. The number of aryl methyl sites for hydroxylation is 1. The second-order valence-electron chi connectivity index (χ2n) is 4.78. The van der Waals surface area contributed by atoms with Crippen molar-refractivity contribution in [2.24, 2.45) is 5.92 Å². The molecular weight excluding hydrogens is 180 g/mol. The Kier molecular flexibility index (Phi) is 2.77. The van der Waals surface area contributed by atoms with Crippen molar-refractivity contribution in [3.05, 3.63) is 47.5 Å². The van der Waals surface area contributed by atoms with E-state index in [9.17, 15) is 0 Å². The Morgan fingerprint density at radius 1 is 0.933 bits per heavy atom. The standard InChI is InChI=1S/C15H18/c1-11(2)8-13-5-7-14-9-12(3)4-6-15(14)10-13/h4-7,9-11H,8H2,1-3H3. The summed E-state index contributed by atoms with van der Waals surface area (Å²) in [7, 11) is 0. The van der Waals surface area contributed by atoms with Gasteiger partial charge in [-0.25, -0.2) is 0 Å². The fourth-order valence-corrected chi connectivity index (χ4v) is 2.01. The Hall–Kier alpha value is -1.30. The smallest absolute Gasteiger partial charge is 0.0181 e. The summed E-state index contributed by atoms with van der Waals surface area (Å²) in [4.78, 5) is 0. The molecule has 0 aliphatic rings. The molecule has 0 heterocycles. The van der Waals surface area contributed by atoms with Crippen LogP contribution in [0.5, 0.6) is 0 Å². The third-order valence-corrected chi connectivity index (χ3v) is 2.70. The summed E-state index contributed by atoms with van der Waals surface area (Å²) < 4.78 is 0. The normalized spacial score (nSPS) is 11.2. The van der Waals surface area contributed by atoms with Gasteiger partial charge in [0.25, 0.3) is 0 Å². The van der Waals surface area contributed by atoms with Crippen LogP contribution in [-0.2, 0) is 6.42 Å². The Morgan fingerprint density at radius 2 is 1.60 bits per heavy atom. The van der Waals surface area contributed by atoms with Crippen LogP contribution in [0.1, 0.15) is 25.0 Å². The average molecular weight is 198 g/mol. The SMILES string of the molecule is Cc1ccc2cc(CC(C)C)ccc2c1. The van der Waals surface area contributed by atoms with E-state index < -0.39 is 0 Å². The monoisotopic (exact) mass is 198 g/mol. The molecule has 0 saturated carbocycles. The number of hydrogen-bond acceptors (Lipinski definition) is 0. The lowest BCUT2D eigenvalue weighted by Gasteiger charge is -2.06. The summed E-state index contributed by atoms with van der Waals surface area (Å²) >= 11 is 0. The molecule has 15 heavy (non-hydrogen) atoms. The highest BCUT2D eigenvalue weighted by Crippen LogP contribution is 2.19. The summed E-state index contributed by atoms with van der Waals surface area (Å²) in [5.74, 6) is 0.730. The van der Waals surface area contributed by atoms with Crippen LogP contribution in [0.25, 0.3) is 10.8 Å². The number of fused-ring (bicyclic) bond motifs is 1. The zero-order chi connectivity index (χ0) is 10.8. The van der Waals surface area contributed by atoms with Gasteiger partial charge in [-0.1, -0.05) is 55.8 Å². The zero-order valence-electron chi connectivity index (χ0n) is 9.75. The fourth-order valence-electron chi connectivity index (χ4n) is 2.01. The lowest BCUT2D eigenvalue weighted by atomic mass is 9.99. The van der Waals surface area contributed by atoms with Crippen molar-refractivity contribution in [3.8, 4) is 0 Å². The van der Waals surface area contributed by atoms with Gasteiger partial charge in [-0.2, -0.15) is 0 Å². The quantitative estimate of drug-likeness (QED) is 0.673. The first-order valence-corrected chi connectivity index (χ1v) is 5.64. The largest absolute Gasteiger partial charge is 0.0625 e. The van der Waals surface area contributed by atoms with Gasteiger partial charge in [-0.3, -0.25) is 0 Å².